The number of carbonyl (C=O) groups excluding carboxylic acids is 1. The zero-order valence-corrected chi connectivity index (χ0v) is 15.3. The van der Waals surface area contributed by atoms with Gasteiger partial charge in [-0.3, -0.25) is 4.79 Å². The van der Waals surface area contributed by atoms with Crippen molar-refractivity contribution < 1.29 is 9.18 Å². The van der Waals surface area contributed by atoms with Crippen molar-refractivity contribution in [1.29, 1.82) is 0 Å². The number of nitrogens with one attached hydrogen (secondary N) is 1. The Balaban J connectivity index is 2.29. The lowest BCUT2D eigenvalue weighted by molar-refractivity contribution is 0.102. The normalized spacial score (nSPS) is 13.0. The van der Waals surface area contributed by atoms with Crippen LogP contribution in [0.2, 0.25) is 0 Å². The minimum absolute atomic E-state index is 0.00391. The summed E-state index contributed by atoms with van der Waals surface area (Å²) in [5, 5.41) is 6.82. The lowest BCUT2D eigenvalue weighted by atomic mass is 9.82. The van der Waals surface area contributed by atoms with Crippen LogP contribution in [-0.4, -0.2) is 15.7 Å². The van der Waals surface area contributed by atoms with Crippen LogP contribution in [0.25, 0.3) is 0 Å². The second kappa shape index (κ2) is 6.75. The predicted octanol–water partition coefficient (Wildman–Crippen LogP) is 4.66. The summed E-state index contributed by atoms with van der Waals surface area (Å²) in [6.45, 7) is 10.4. The van der Waals surface area contributed by atoms with Gasteiger partial charge in [0.15, 0.2) is 0 Å². The highest BCUT2D eigenvalue weighted by Gasteiger charge is 2.23. The first-order valence-corrected chi connectivity index (χ1v) is 8.19. The molecule has 0 aliphatic rings. The largest absolute Gasteiger partial charge is 0.322 e. The molecule has 24 heavy (non-hydrogen) atoms. The zero-order valence-electron chi connectivity index (χ0n) is 15.3. The summed E-state index contributed by atoms with van der Waals surface area (Å²) in [5.41, 5.74) is 2.34. The molecule has 1 N–H and O–H groups in total. The van der Waals surface area contributed by atoms with E-state index in [1.54, 1.807) is 6.92 Å². The maximum atomic E-state index is 14.1. The number of halogens is 1. The first-order valence-electron chi connectivity index (χ1n) is 8.19. The van der Waals surface area contributed by atoms with Crippen LogP contribution in [0, 0.1) is 18.3 Å². The van der Waals surface area contributed by atoms with E-state index in [0.717, 1.165) is 22.4 Å². The van der Waals surface area contributed by atoms with Crippen molar-refractivity contribution in [2.45, 2.75) is 47.0 Å². The number of carbonyl (C=O) groups is 1. The van der Waals surface area contributed by atoms with E-state index in [0.29, 0.717) is 5.69 Å². The molecule has 1 atom stereocenters. The molecule has 2 rings (SSSR count). The van der Waals surface area contributed by atoms with E-state index < -0.39 is 11.9 Å². The van der Waals surface area contributed by atoms with E-state index in [2.05, 4.69) is 38.1 Å². The lowest BCUT2D eigenvalue weighted by Gasteiger charge is -2.25. The Bertz CT molecular complexity index is 744. The van der Waals surface area contributed by atoms with Crippen molar-refractivity contribution >= 4 is 11.6 Å². The van der Waals surface area contributed by atoms with Crippen LogP contribution in [0.1, 0.15) is 61.6 Å². The first-order chi connectivity index (χ1) is 11.1. The van der Waals surface area contributed by atoms with Crippen molar-refractivity contribution in [3.8, 4) is 0 Å². The number of para-hydroxylation sites is 1. The third-order valence-corrected chi connectivity index (χ3v) is 4.04. The number of hydrogen-bond acceptors (Lipinski definition) is 2. The number of amides is 1. The Kier molecular flexibility index (Phi) is 5.11. The average molecular weight is 331 g/mol. The Morgan fingerprint density at radius 3 is 2.50 bits per heavy atom. The molecule has 0 unspecified atom stereocenters. The van der Waals surface area contributed by atoms with Gasteiger partial charge in [-0.2, -0.15) is 9.49 Å². The Morgan fingerprint density at radius 1 is 1.33 bits per heavy atom. The molecule has 1 aromatic carbocycles. The molecule has 0 bridgehead atoms. The van der Waals surface area contributed by atoms with Gasteiger partial charge in [-0.25, -0.2) is 4.68 Å². The van der Waals surface area contributed by atoms with Gasteiger partial charge >= 0.3 is 0 Å². The highest BCUT2D eigenvalue weighted by molar-refractivity contribution is 6.05. The molecular formula is C19H26FN3O. The summed E-state index contributed by atoms with van der Waals surface area (Å²) in [4.78, 5) is 12.5. The number of rotatable bonds is 4. The number of hydrogen-bond donors (Lipinski definition) is 1. The SMILES string of the molecule is Cc1nn(C)c(F)c1C(=O)Nc1ccccc1[C@@H](C)CC(C)(C)C. The van der Waals surface area contributed by atoms with Crippen LogP contribution in [-0.2, 0) is 7.05 Å². The number of anilines is 1. The quantitative estimate of drug-likeness (QED) is 0.885. The molecule has 0 fully saturated rings. The minimum Gasteiger partial charge on any atom is -0.322 e. The van der Waals surface area contributed by atoms with Gasteiger partial charge in [0.25, 0.3) is 5.91 Å². The summed E-state index contributed by atoms with van der Waals surface area (Å²) in [6.07, 6.45) is 0.986. The standard InChI is InChI=1S/C19H26FN3O/c1-12(11-19(3,4)5)14-9-7-8-10-15(14)21-18(24)16-13(2)22-23(6)17(16)20/h7-10,12H,11H2,1-6H3,(H,21,24)/t12-/m0/s1. The molecule has 1 aromatic heterocycles. The van der Waals surface area contributed by atoms with Gasteiger partial charge in [0.05, 0.1) is 5.69 Å². The summed E-state index contributed by atoms with van der Waals surface area (Å²) < 4.78 is 15.2. The Labute approximate surface area is 143 Å². The third kappa shape index (κ3) is 4.02. The van der Waals surface area contributed by atoms with Gasteiger partial charge in [-0.15, -0.1) is 0 Å². The average Bonchev–Trinajstić information content (AvgIpc) is 2.70. The summed E-state index contributed by atoms with van der Waals surface area (Å²) in [5.74, 6) is -0.805. The van der Waals surface area contributed by atoms with Crippen molar-refractivity contribution in [2.75, 3.05) is 5.32 Å². The van der Waals surface area contributed by atoms with Crippen molar-refractivity contribution in [2.24, 2.45) is 12.5 Å². The molecule has 0 saturated heterocycles. The van der Waals surface area contributed by atoms with Crippen LogP contribution in [0.3, 0.4) is 0 Å². The number of aryl methyl sites for hydroxylation is 2. The summed E-state index contributed by atoms with van der Waals surface area (Å²) in [7, 11) is 1.48. The van der Waals surface area contributed by atoms with E-state index in [9.17, 15) is 9.18 Å². The molecular weight excluding hydrogens is 305 g/mol. The van der Waals surface area contributed by atoms with Gasteiger partial charge in [0.2, 0.25) is 5.95 Å². The highest BCUT2D eigenvalue weighted by atomic mass is 19.1. The Morgan fingerprint density at radius 2 is 1.96 bits per heavy atom. The van der Waals surface area contributed by atoms with E-state index in [1.807, 2.05) is 24.3 Å². The van der Waals surface area contributed by atoms with E-state index >= 15 is 0 Å². The van der Waals surface area contributed by atoms with Crippen LogP contribution < -0.4 is 5.32 Å². The second-order valence-corrected chi connectivity index (χ2v) is 7.58. The smallest absolute Gasteiger partial charge is 0.262 e. The van der Waals surface area contributed by atoms with E-state index in [1.165, 1.54) is 7.05 Å². The van der Waals surface area contributed by atoms with Gasteiger partial charge < -0.3 is 5.32 Å². The molecule has 0 saturated carbocycles. The molecule has 5 heteroatoms. The van der Waals surface area contributed by atoms with E-state index in [-0.39, 0.29) is 16.9 Å². The Hall–Kier alpha value is -2.17. The third-order valence-electron chi connectivity index (χ3n) is 4.04. The van der Waals surface area contributed by atoms with Crippen molar-refractivity contribution in [3.63, 3.8) is 0 Å². The summed E-state index contributed by atoms with van der Waals surface area (Å²) in [6, 6.07) is 7.70. The topological polar surface area (TPSA) is 46.9 Å². The molecule has 0 aliphatic heterocycles. The summed E-state index contributed by atoms with van der Waals surface area (Å²) >= 11 is 0. The molecule has 4 nitrogen and oxygen atoms in total. The molecule has 0 spiro atoms. The highest BCUT2D eigenvalue weighted by Crippen LogP contribution is 2.34. The van der Waals surface area contributed by atoms with Gasteiger partial charge in [-0.05, 0) is 36.3 Å². The fourth-order valence-electron chi connectivity index (χ4n) is 3.14. The molecule has 1 amide bonds. The van der Waals surface area contributed by atoms with Crippen molar-refractivity contribution in [1.82, 2.24) is 9.78 Å². The van der Waals surface area contributed by atoms with Gasteiger partial charge in [0, 0.05) is 12.7 Å². The molecule has 0 aliphatic carbocycles. The second-order valence-electron chi connectivity index (χ2n) is 7.58. The number of aromatic nitrogens is 2. The maximum Gasteiger partial charge on any atom is 0.262 e. The number of nitrogens with zero attached hydrogens (tertiary/aromatic N) is 2. The minimum atomic E-state index is -0.620. The molecule has 1 heterocycles. The molecule has 2 aromatic rings. The molecule has 130 valence electrons. The molecule has 0 radical (unpaired) electrons. The predicted molar refractivity (Wildman–Crippen MR) is 94.8 cm³/mol. The first kappa shape index (κ1) is 18.2. The van der Waals surface area contributed by atoms with E-state index in [4.69, 9.17) is 0 Å². The van der Waals surface area contributed by atoms with Crippen molar-refractivity contribution in [3.05, 3.63) is 47.0 Å². The van der Waals surface area contributed by atoms with Gasteiger partial charge in [0.1, 0.15) is 5.56 Å². The zero-order chi connectivity index (χ0) is 18.1. The monoisotopic (exact) mass is 331 g/mol. The van der Waals surface area contributed by atoms with Crippen LogP contribution in [0.5, 0.6) is 0 Å². The maximum absolute atomic E-state index is 14.1. The van der Waals surface area contributed by atoms with Crippen LogP contribution >= 0.6 is 0 Å². The van der Waals surface area contributed by atoms with Crippen LogP contribution in [0.15, 0.2) is 24.3 Å². The lowest BCUT2D eigenvalue weighted by Crippen LogP contribution is -2.17. The van der Waals surface area contributed by atoms with Crippen LogP contribution in [0.4, 0.5) is 10.1 Å². The fourth-order valence-corrected chi connectivity index (χ4v) is 3.14. The van der Waals surface area contributed by atoms with Gasteiger partial charge in [-0.1, -0.05) is 45.9 Å². The number of benzene rings is 1. The fraction of sp³-hybridized carbons (Fsp3) is 0.474.